The average Bonchev–Trinajstić information content (AvgIpc) is 3.14. The zero-order valence-electron chi connectivity index (χ0n) is 14.2. The largest absolute Gasteiger partial charge is 0.367 e. The van der Waals surface area contributed by atoms with Gasteiger partial charge in [-0.3, -0.25) is 4.99 Å². The molecule has 0 aromatic heterocycles. The topological polar surface area (TPSA) is 39.7 Å². The molecule has 0 bridgehead atoms. The summed E-state index contributed by atoms with van der Waals surface area (Å²) >= 11 is 0. The van der Waals surface area contributed by atoms with Crippen LogP contribution in [-0.4, -0.2) is 38.2 Å². The van der Waals surface area contributed by atoms with E-state index in [1.165, 1.54) is 36.9 Å². The number of nitrogens with one attached hydrogen (secondary N) is 2. The molecule has 1 aliphatic carbocycles. The number of hydrogen-bond acceptors (Lipinski definition) is 2. The van der Waals surface area contributed by atoms with Crippen LogP contribution in [0.25, 0.3) is 0 Å². The Hall–Kier alpha value is -0.980. The number of hydrogen-bond donors (Lipinski definition) is 2. The van der Waals surface area contributed by atoms with Gasteiger partial charge in [0.25, 0.3) is 0 Å². The number of rotatable bonds is 4. The molecule has 23 heavy (non-hydrogen) atoms. The van der Waals surface area contributed by atoms with E-state index in [-0.39, 0.29) is 24.0 Å². The molecule has 1 atom stereocenters. The quantitative estimate of drug-likeness (QED) is 0.440. The number of benzene rings is 1. The van der Waals surface area contributed by atoms with E-state index in [0.717, 1.165) is 25.5 Å². The SMILES string of the molecule is CN=C(NCCN1c2ccccc2CC1C)NC1CCCC1.I. The van der Waals surface area contributed by atoms with Gasteiger partial charge in [-0.25, -0.2) is 0 Å². The molecule has 1 fully saturated rings. The van der Waals surface area contributed by atoms with Crippen molar-refractivity contribution in [1.29, 1.82) is 0 Å². The number of aliphatic imine (C=N–C) groups is 1. The predicted octanol–water partition coefficient (Wildman–Crippen LogP) is 3.16. The first-order valence-corrected chi connectivity index (χ1v) is 8.59. The first-order valence-electron chi connectivity index (χ1n) is 8.59. The summed E-state index contributed by atoms with van der Waals surface area (Å²) in [5, 5.41) is 7.01. The summed E-state index contributed by atoms with van der Waals surface area (Å²) in [6, 6.07) is 9.96. The highest BCUT2D eigenvalue weighted by atomic mass is 127. The molecule has 2 N–H and O–H groups in total. The first-order chi connectivity index (χ1) is 10.8. The van der Waals surface area contributed by atoms with Gasteiger partial charge in [-0.1, -0.05) is 31.0 Å². The molecule has 1 heterocycles. The van der Waals surface area contributed by atoms with Gasteiger partial charge in [0.1, 0.15) is 0 Å². The Balaban J connectivity index is 0.00000192. The van der Waals surface area contributed by atoms with Crippen LogP contribution in [0.2, 0.25) is 0 Å². The van der Waals surface area contributed by atoms with Crippen molar-refractivity contribution in [2.24, 2.45) is 4.99 Å². The third kappa shape index (κ3) is 4.52. The van der Waals surface area contributed by atoms with E-state index >= 15 is 0 Å². The van der Waals surface area contributed by atoms with Crippen molar-refractivity contribution >= 4 is 35.6 Å². The molecule has 4 nitrogen and oxygen atoms in total. The van der Waals surface area contributed by atoms with E-state index in [4.69, 9.17) is 0 Å². The van der Waals surface area contributed by atoms with Gasteiger partial charge in [-0.15, -0.1) is 24.0 Å². The molecule has 1 aromatic rings. The average molecular weight is 428 g/mol. The maximum atomic E-state index is 4.35. The van der Waals surface area contributed by atoms with Gasteiger partial charge in [0, 0.05) is 37.9 Å². The van der Waals surface area contributed by atoms with Crippen LogP contribution in [0.3, 0.4) is 0 Å². The molecule has 3 rings (SSSR count). The van der Waals surface area contributed by atoms with Crippen molar-refractivity contribution in [3.63, 3.8) is 0 Å². The summed E-state index contributed by atoms with van der Waals surface area (Å²) in [7, 11) is 1.86. The summed E-state index contributed by atoms with van der Waals surface area (Å²) in [5.41, 5.74) is 2.87. The molecule has 0 amide bonds. The molecule has 0 saturated heterocycles. The Labute approximate surface area is 157 Å². The highest BCUT2D eigenvalue weighted by Crippen LogP contribution is 2.31. The maximum absolute atomic E-state index is 4.35. The molecular formula is C18H29IN4. The third-order valence-corrected chi connectivity index (χ3v) is 4.91. The number of para-hydroxylation sites is 1. The number of halogens is 1. The Bertz CT molecular complexity index is 526. The summed E-state index contributed by atoms with van der Waals surface area (Å²) in [6.45, 7) is 4.25. The molecule has 1 saturated carbocycles. The number of guanidine groups is 1. The van der Waals surface area contributed by atoms with E-state index in [0.29, 0.717) is 12.1 Å². The minimum atomic E-state index is 0. The molecule has 128 valence electrons. The minimum absolute atomic E-state index is 0. The van der Waals surface area contributed by atoms with Crippen molar-refractivity contribution in [3.8, 4) is 0 Å². The van der Waals surface area contributed by atoms with Crippen molar-refractivity contribution in [1.82, 2.24) is 10.6 Å². The van der Waals surface area contributed by atoms with E-state index in [1.807, 2.05) is 7.05 Å². The van der Waals surface area contributed by atoms with Gasteiger partial charge < -0.3 is 15.5 Å². The van der Waals surface area contributed by atoms with Crippen LogP contribution in [0.5, 0.6) is 0 Å². The molecular weight excluding hydrogens is 399 g/mol. The Morgan fingerprint density at radius 1 is 1.26 bits per heavy atom. The van der Waals surface area contributed by atoms with Crippen molar-refractivity contribution in [2.45, 2.75) is 51.1 Å². The second-order valence-corrected chi connectivity index (χ2v) is 6.50. The normalized spacial score (nSPS) is 21.0. The lowest BCUT2D eigenvalue weighted by Gasteiger charge is -2.26. The maximum Gasteiger partial charge on any atom is 0.191 e. The van der Waals surface area contributed by atoms with Gasteiger partial charge in [0.2, 0.25) is 0 Å². The van der Waals surface area contributed by atoms with Crippen LogP contribution in [0.4, 0.5) is 5.69 Å². The van der Waals surface area contributed by atoms with Crippen LogP contribution in [0.15, 0.2) is 29.3 Å². The van der Waals surface area contributed by atoms with Gasteiger partial charge in [-0.2, -0.15) is 0 Å². The van der Waals surface area contributed by atoms with Gasteiger partial charge in [-0.05, 0) is 37.8 Å². The lowest BCUT2D eigenvalue weighted by Crippen LogP contribution is -2.45. The standard InChI is InChI=1S/C18H28N4.HI/c1-14-13-15-7-3-6-10-17(15)22(14)12-11-20-18(19-2)21-16-8-4-5-9-16;/h3,6-7,10,14,16H,4-5,8-9,11-13H2,1-2H3,(H2,19,20,21);1H. The Morgan fingerprint density at radius 2 is 2.00 bits per heavy atom. The van der Waals surface area contributed by atoms with Crippen molar-refractivity contribution in [2.75, 3.05) is 25.0 Å². The lowest BCUT2D eigenvalue weighted by atomic mass is 10.1. The highest BCUT2D eigenvalue weighted by Gasteiger charge is 2.24. The van der Waals surface area contributed by atoms with Crippen molar-refractivity contribution < 1.29 is 0 Å². The minimum Gasteiger partial charge on any atom is -0.367 e. The zero-order valence-corrected chi connectivity index (χ0v) is 16.5. The summed E-state index contributed by atoms with van der Waals surface area (Å²) in [4.78, 5) is 6.86. The van der Waals surface area contributed by atoms with E-state index < -0.39 is 0 Å². The van der Waals surface area contributed by atoms with E-state index in [2.05, 4.69) is 51.7 Å². The van der Waals surface area contributed by atoms with Crippen LogP contribution in [0.1, 0.15) is 38.2 Å². The second-order valence-electron chi connectivity index (χ2n) is 6.50. The summed E-state index contributed by atoms with van der Waals surface area (Å²) < 4.78 is 0. The second kappa shape index (κ2) is 8.76. The number of nitrogens with zero attached hydrogens (tertiary/aromatic N) is 2. The van der Waals surface area contributed by atoms with Gasteiger partial charge in [0.15, 0.2) is 5.96 Å². The fraction of sp³-hybridized carbons (Fsp3) is 0.611. The molecule has 5 heteroatoms. The van der Waals surface area contributed by atoms with E-state index in [1.54, 1.807) is 0 Å². The Kier molecular flexibility index (Phi) is 6.99. The van der Waals surface area contributed by atoms with E-state index in [9.17, 15) is 0 Å². The van der Waals surface area contributed by atoms with Crippen LogP contribution in [-0.2, 0) is 6.42 Å². The molecule has 0 radical (unpaired) electrons. The summed E-state index contributed by atoms with van der Waals surface area (Å²) in [6.07, 6.45) is 6.40. The monoisotopic (exact) mass is 428 g/mol. The third-order valence-electron chi connectivity index (χ3n) is 4.91. The first kappa shape index (κ1) is 18.4. The van der Waals surface area contributed by atoms with Crippen LogP contribution < -0.4 is 15.5 Å². The molecule has 1 aromatic carbocycles. The molecule has 2 aliphatic rings. The van der Waals surface area contributed by atoms with Crippen molar-refractivity contribution in [3.05, 3.63) is 29.8 Å². The van der Waals surface area contributed by atoms with Gasteiger partial charge in [0.05, 0.1) is 0 Å². The fourth-order valence-electron chi connectivity index (χ4n) is 3.72. The fourth-order valence-corrected chi connectivity index (χ4v) is 3.72. The summed E-state index contributed by atoms with van der Waals surface area (Å²) in [5.74, 6) is 0.951. The number of fused-ring (bicyclic) bond motifs is 1. The highest BCUT2D eigenvalue weighted by molar-refractivity contribution is 14.0. The van der Waals surface area contributed by atoms with Crippen LogP contribution in [0, 0.1) is 0 Å². The molecule has 1 unspecified atom stereocenters. The lowest BCUT2D eigenvalue weighted by molar-refractivity contribution is 0.607. The smallest absolute Gasteiger partial charge is 0.191 e. The predicted molar refractivity (Wildman–Crippen MR) is 109 cm³/mol. The Morgan fingerprint density at radius 3 is 2.74 bits per heavy atom. The van der Waals surface area contributed by atoms with Crippen LogP contribution >= 0.6 is 24.0 Å². The molecule has 0 spiro atoms. The zero-order chi connectivity index (χ0) is 15.4. The van der Waals surface area contributed by atoms with Gasteiger partial charge >= 0.3 is 0 Å². The molecule has 1 aliphatic heterocycles. The number of anilines is 1.